The van der Waals surface area contributed by atoms with Crippen molar-refractivity contribution in [2.45, 2.75) is 13.5 Å². The van der Waals surface area contributed by atoms with Crippen LogP contribution in [-0.4, -0.2) is 56.7 Å². The van der Waals surface area contributed by atoms with Crippen LogP contribution in [0.4, 0.5) is 0 Å². The van der Waals surface area contributed by atoms with Crippen LogP contribution in [0.5, 0.6) is 0 Å². The summed E-state index contributed by atoms with van der Waals surface area (Å²) in [6, 6.07) is 7.28. The van der Waals surface area contributed by atoms with E-state index in [1.165, 1.54) is 0 Å². The van der Waals surface area contributed by atoms with Gasteiger partial charge in [0, 0.05) is 25.2 Å². The first-order valence-electron chi connectivity index (χ1n) is 7.43. The highest BCUT2D eigenvalue weighted by atomic mass is 35.5. The Balaban J connectivity index is 2.46. The van der Waals surface area contributed by atoms with E-state index in [0.717, 1.165) is 5.56 Å². The molecule has 6 nitrogen and oxygen atoms in total. The van der Waals surface area contributed by atoms with Crippen LogP contribution in [-0.2, 0) is 25.6 Å². The second-order valence-corrected chi connectivity index (χ2v) is 5.35. The molecule has 0 spiro atoms. The summed E-state index contributed by atoms with van der Waals surface area (Å²) >= 11 is 5.90. The third kappa shape index (κ3) is 8.54. The molecule has 0 atom stereocenters. The van der Waals surface area contributed by atoms with Crippen molar-refractivity contribution in [3.05, 3.63) is 34.9 Å². The maximum Gasteiger partial charge on any atom is 0.320 e. The zero-order valence-electron chi connectivity index (χ0n) is 13.5. The normalized spacial score (nSPS) is 10.6. The fraction of sp³-hybridized carbons (Fsp3) is 0.500. The third-order valence-electron chi connectivity index (χ3n) is 3.02. The Bertz CT molecular complexity index is 511. The van der Waals surface area contributed by atoms with Gasteiger partial charge in [-0.1, -0.05) is 23.7 Å². The summed E-state index contributed by atoms with van der Waals surface area (Å²) in [6.07, 6.45) is 0. The summed E-state index contributed by atoms with van der Waals surface area (Å²) in [5, 5.41) is 3.43. The first-order valence-corrected chi connectivity index (χ1v) is 7.81. The maximum absolute atomic E-state index is 12.0. The topological polar surface area (TPSA) is 67.9 Å². The average molecular weight is 343 g/mol. The monoisotopic (exact) mass is 342 g/mol. The number of ether oxygens (including phenoxy) is 2. The van der Waals surface area contributed by atoms with Gasteiger partial charge in [0.25, 0.3) is 0 Å². The van der Waals surface area contributed by atoms with Crippen molar-refractivity contribution in [1.29, 1.82) is 0 Å². The minimum atomic E-state index is -0.355. The van der Waals surface area contributed by atoms with E-state index in [0.29, 0.717) is 31.3 Å². The summed E-state index contributed by atoms with van der Waals surface area (Å²) < 4.78 is 9.91. The lowest BCUT2D eigenvalue weighted by Crippen LogP contribution is -2.41. The standard InChI is InChI=1S/C16H23ClN2O4/c1-3-23-16(21)12-19(7-8-22-2)11-15(20)18-10-13-5-4-6-14(17)9-13/h4-6,9H,3,7-8,10-12H2,1-2H3,(H,18,20). The van der Waals surface area contributed by atoms with Crippen molar-refractivity contribution in [3.8, 4) is 0 Å². The van der Waals surface area contributed by atoms with E-state index in [9.17, 15) is 9.59 Å². The number of rotatable bonds is 10. The molecule has 1 amide bonds. The quantitative estimate of drug-likeness (QED) is 0.652. The van der Waals surface area contributed by atoms with Gasteiger partial charge < -0.3 is 14.8 Å². The Hall–Kier alpha value is -1.63. The lowest BCUT2D eigenvalue weighted by molar-refractivity contribution is -0.144. The molecule has 1 rings (SSSR count). The smallest absolute Gasteiger partial charge is 0.320 e. The van der Waals surface area contributed by atoms with Gasteiger partial charge in [-0.05, 0) is 24.6 Å². The Morgan fingerprint density at radius 2 is 2.09 bits per heavy atom. The van der Waals surface area contributed by atoms with Gasteiger partial charge in [0.1, 0.15) is 0 Å². The minimum absolute atomic E-state index is 0.0573. The number of benzene rings is 1. The molecule has 128 valence electrons. The van der Waals surface area contributed by atoms with Crippen molar-refractivity contribution in [1.82, 2.24) is 10.2 Å². The van der Waals surface area contributed by atoms with Crippen molar-refractivity contribution < 1.29 is 19.1 Å². The molecular formula is C16H23ClN2O4. The highest BCUT2D eigenvalue weighted by molar-refractivity contribution is 6.30. The first-order chi connectivity index (χ1) is 11.0. The van der Waals surface area contributed by atoms with Gasteiger partial charge >= 0.3 is 5.97 Å². The number of carbonyl (C=O) groups is 2. The second-order valence-electron chi connectivity index (χ2n) is 4.92. The molecule has 1 aromatic carbocycles. The van der Waals surface area contributed by atoms with Crippen LogP contribution in [0.15, 0.2) is 24.3 Å². The predicted molar refractivity (Wildman–Crippen MR) is 88.2 cm³/mol. The second kappa shape index (κ2) is 11.0. The lowest BCUT2D eigenvalue weighted by atomic mass is 10.2. The molecule has 23 heavy (non-hydrogen) atoms. The van der Waals surface area contributed by atoms with Gasteiger partial charge in [0.05, 0.1) is 26.3 Å². The summed E-state index contributed by atoms with van der Waals surface area (Å²) in [7, 11) is 1.57. The van der Waals surface area contributed by atoms with E-state index in [4.69, 9.17) is 21.1 Å². The van der Waals surface area contributed by atoms with Gasteiger partial charge in [-0.15, -0.1) is 0 Å². The van der Waals surface area contributed by atoms with Crippen LogP contribution < -0.4 is 5.32 Å². The van der Waals surface area contributed by atoms with Crippen molar-refractivity contribution in [3.63, 3.8) is 0 Å². The fourth-order valence-electron chi connectivity index (χ4n) is 1.93. The zero-order chi connectivity index (χ0) is 17.1. The minimum Gasteiger partial charge on any atom is -0.465 e. The van der Waals surface area contributed by atoms with E-state index in [2.05, 4.69) is 5.32 Å². The maximum atomic E-state index is 12.0. The van der Waals surface area contributed by atoms with Crippen molar-refractivity contribution in [2.24, 2.45) is 0 Å². The molecule has 0 saturated carbocycles. The largest absolute Gasteiger partial charge is 0.465 e. The number of nitrogens with one attached hydrogen (secondary N) is 1. The number of hydrogen-bond acceptors (Lipinski definition) is 5. The SMILES string of the molecule is CCOC(=O)CN(CCOC)CC(=O)NCc1cccc(Cl)c1. The molecule has 7 heteroatoms. The molecule has 0 fully saturated rings. The van der Waals surface area contributed by atoms with Crippen molar-refractivity contribution in [2.75, 3.05) is 40.0 Å². The number of halogens is 1. The number of esters is 1. The lowest BCUT2D eigenvalue weighted by Gasteiger charge is -2.20. The number of amides is 1. The number of hydrogen-bond donors (Lipinski definition) is 1. The Morgan fingerprint density at radius 3 is 2.74 bits per heavy atom. The van der Waals surface area contributed by atoms with E-state index >= 15 is 0 Å². The molecule has 0 heterocycles. The molecule has 0 aromatic heterocycles. The van der Waals surface area contributed by atoms with Gasteiger partial charge in [-0.25, -0.2) is 0 Å². The molecular weight excluding hydrogens is 320 g/mol. The third-order valence-corrected chi connectivity index (χ3v) is 3.25. The Kier molecular flexibility index (Phi) is 9.28. The Labute approximate surface area is 141 Å². The highest BCUT2D eigenvalue weighted by Crippen LogP contribution is 2.10. The predicted octanol–water partition coefficient (Wildman–Crippen LogP) is 1.47. The van der Waals surface area contributed by atoms with Gasteiger partial charge in [-0.2, -0.15) is 0 Å². The molecule has 0 unspecified atom stereocenters. The van der Waals surface area contributed by atoms with Crippen LogP contribution in [0.1, 0.15) is 12.5 Å². The van der Waals surface area contributed by atoms with E-state index in [1.54, 1.807) is 31.1 Å². The van der Waals surface area contributed by atoms with E-state index < -0.39 is 0 Å². The average Bonchev–Trinajstić information content (AvgIpc) is 2.51. The summed E-state index contributed by atoms with van der Waals surface area (Å²) in [6.45, 7) is 3.51. The van der Waals surface area contributed by atoms with Crippen LogP contribution in [0.3, 0.4) is 0 Å². The molecule has 1 N–H and O–H groups in total. The molecule has 0 bridgehead atoms. The van der Waals surface area contributed by atoms with Crippen LogP contribution in [0.25, 0.3) is 0 Å². The molecule has 0 saturated heterocycles. The van der Waals surface area contributed by atoms with Crippen LogP contribution in [0.2, 0.25) is 5.02 Å². The summed E-state index contributed by atoms with van der Waals surface area (Å²) in [5.74, 6) is -0.531. The van der Waals surface area contributed by atoms with E-state index in [-0.39, 0.29) is 25.0 Å². The molecule has 0 aliphatic heterocycles. The Morgan fingerprint density at radius 1 is 1.30 bits per heavy atom. The summed E-state index contributed by atoms with van der Waals surface area (Å²) in [5.41, 5.74) is 0.916. The van der Waals surface area contributed by atoms with Gasteiger partial charge in [0.2, 0.25) is 5.91 Å². The fourth-order valence-corrected chi connectivity index (χ4v) is 2.14. The summed E-state index contributed by atoms with van der Waals surface area (Å²) in [4.78, 5) is 25.3. The van der Waals surface area contributed by atoms with Gasteiger partial charge in [-0.3, -0.25) is 14.5 Å². The van der Waals surface area contributed by atoms with Crippen molar-refractivity contribution >= 4 is 23.5 Å². The van der Waals surface area contributed by atoms with Gasteiger partial charge in [0.15, 0.2) is 0 Å². The number of carbonyl (C=O) groups excluding carboxylic acids is 2. The molecule has 0 radical (unpaired) electrons. The van der Waals surface area contributed by atoms with E-state index in [1.807, 2.05) is 12.1 Å². The highest BCUT2D eigenvalue weighted by Gasteiger charge is 2.15. The number of methoxy groups -OCH3 is 1. The molecule has 1 aromatic rings. The van der Waals surface area contributed by atoms with Crippen LogP contribution >= 0.6 is 11.6 Å². The first kappa shape index (κ1) is 19.4. The number of nitrogens with zero attached hydrogens (tertiary/aromatic N) is 1. The molecule has 0 aliphatic rings. The zero-order valence-corrected chi connectivity index (χ0v) is 14.3. The molecule has 0 aliphatic carbocycles. The van der Waals surface area contributed by atoms with Crippen LogP contribution in [0, 0.1) is 0 Å².